The predicted molar refractivity (Wildman–Crippen MR) is 65.4 cm³/mol. The molecule has 0 saturated heterocycles. The van der Waals surface area contributed by atoms with Gasteiger partial charge in [0.15, 0.2) is 10.8 Å². The average molecular weight is 248 g/mol. The van der Waals surface area contributed by atoms with E-state index in [9.17, 15) is 4.79 Å². The van der Waals surface area contributed by atoms with Crippen LogP contribution in [-0.4, -0.2) is 16.0 Å². The van der Waals surface area contributed by atoms with Gasteiger partial charge in [0.2, 0.25) is 0 Å². The number of hydrogen-bond acceptors (Lipinski definition) is 5. The maximum atomic E-state index is 11.1. The normalized spacial score (nSPS) is 10.2. The molecule has 1 aromatic heterocycles. The first-order valence-corrected chi connectivity index (χ1v) is 5.99. The number of ether oxygens (including phenoxy) is 1. The van der Waals surface area contributed by atoms with Gasteiger partial charge in [-0.2, -0.15) is 0 Å². The summed E-state index contributed by atoms with van der Waals surface area (Å²) in [5, 5.41) is 9.65. The van der Waals surface area contributed by atoms with Gasteiger partial charge in [-0.15, -0.1) is 10.2 Å². The summed E-state index contributed by atoms with van der Waals surface area (Å²) in [7, 11) is 0. The molecule has 0 aliphatic heterocycles. The summed E-state index contributed by atoms with van der Waals surface area (Å²) < 4.78 is 5.54. The number of carbonyl (C=O) groups is 1. The van der Waals surface area contributed by atoms with Gasteiger partial charge in [-0.05, 0) is 38.1 Å². The fraction of sp³-hybridized carbons (Fsp3) is 0.250. The number of carbonyl (C=O) groups excluding carboxylic acids is 1. The van der Waals surface area contributed by atoms with Crippen LogP contribution in [0.5, 0.6) is 5.75 Å². The molecule has 0 unspecified atom stereocenters. The van der Waals surface area contributed by atoms with Crippen molar-refractivity contribution in [2.75, 3.05) is 0 Å². The van der Waals surface area contributed by atoms with Crippen molar-refractivity contribution in [3.63, 3.8) is 0 Å². The minimum atomic E-state index is 0.0521. The Morgan fingerprint density at radius 3 is 2.53 bits per heavy atom. The Bertz CT molecular complexity index is 520. The molecule has 88 valence electrons. The molecule has 0 N–H and O–H groups in total. The number of aryl methyl sites for hydroxylation is 1. The highest BCUT2D eigenvalue weighted by atomic mass is 32.1. The van der Waals surface area contributed by atoms with E-state index in [-0.39, 0.29) is 5.78 Å². The van der Waals surface area contributed by atoms with Crippen LogP contribution < -0.4 is 4.74 Å². The Morgan fingerprint density at radius 1 is 1.29 bits per heavy atom. The van der Waals surface area contributed by atoms with E-state index in [0.29, 0.717) is 12.2 Å². The van der Waals surface area contributed by atoms with Crippen LogP contribution in [0.1, 0.15) is 27.3 Å². The van der Waals surface area contributed by atoms with Crippen molar-refractivity contribution in [3.05, 3.63) is 39.8 Å². The molecule has 0 aliphatic rings. The topological polar surface area (TPSA) is 52.1 Å². The molecule has 17 heavy (non-hydrogen) atoms. The lowest BCUT2D eigenvalue weighted by atomic mass is 10.1. The van der Waals surface area contributed by atoms with E-state index in [2.05, 4.69) is 10.2 Å². The Labute approximate surface area is 103 Å². The summed E-state index contributed by atoms with van der Waals surface area (Å²) >= 11 is 1.51. The molecule has 5 heteroatoms. The molecule has 0 saturated carbocycles. The third kappa shape index (κ3) is 3.10. The van der Waals surface area contributed by atoms with Crippen LogP contribution in [0, 0.1) is 6.92 Å². The molecule has 0 spiro atoms. The Kier molecular flexibility index (Phi) is 3.49. The highest BCUT2D eigenvalue weighted by Crippen LogP contribution is 2.16. The van der Waals surface area contributed by atoms with Crippen LogP contribution >= 0.6 is 11.3 Å². The number of Topliss-reactive ketones (excluding diaryl/α,β-unsaturated/α-hetero) is 1. The fourth-order valence-corrected chi connectivity index (χ4v) is 1.95. The third-order valence-corrected chi connectivity index (χ3v) is 3.00. The number of ketones is 1. The van der Waals surface area contributed by atoms with Gasteiger partial charge < -0.3 is 4.74 Å². The summed E-state index contributed by atoms with van der Waals surface area (Å²) in [5.74, 6) is 0.777. The zero-order chi connectivity index (χ0) is 12.3. The molecule has 2 aromatic rings. The summed E-state index contributed by atoms with van der Waals surface area (Å²) in [6.07, 6.45) is 0. The van der Waals surface area contributed by atoms with Crippen LogP contribution in [-0.2, 0) is 6.61 Å². The molecular weight excluding hydrogens is 236 g/mol. The van der Waals surface area contributed by atoms with Crippen LogP contribution in [0.3, 0.4) is 0 Å². The molecule has 0 atom stereocenters. The Morgan fingerprint density at radius 2 is 2.00 bits per heavy atom. The fourth-order valence-electron chi connectivity index (χ4n) is 1.33. The van der Waals surface area contributed by atoms with E-state index in [4.69, 9.17) is 4.74 Å². The molecule has 0 bridgehead atoms. The predicted octanol–water partition coefficient (Wildman–Crippen LogP) is 2.63. The second kappa shape index (κ2) is 5.05. The van der Waals surface area contributed by atoms with Gasteiger partial charge >= 0.3 is 0 Å². The molecule has 0 amide bonds. The van der Waals surface area contributed by atoms with Crippen molar-refractivity contribution in [1.29, 1.82) is 0 Å². The minimum Gasteiger partial charge on any atom is -0.486 e. The van der Waals surface area contributed by atoms with Gasteiger partial charge in [0.1, 0.15) is 17.4 Å². The molecule has 0 radical (unpaired) electrons. The van der Waals surface area contributed by atoms with E-state index in [1.165, 1.54) is 11.3 Å². The van der Waals surface area contributed by atoms with Crippen LogP contribution in [0.15, 0.2) is 24.3 Å². The molecule has 2 rings (SSSR count). The first kappa shape index (κ1) is 11.7. The Hall–Kier alpha value is -1.75. The van der Waals surface area contributed by atoms with Crippen molar-refractivity contribution >= 4 is 17.1 Å². The van der Waals surface area contributed by atoms with Gasteiger partial charge in [0.25, 0.3) is 0 Å². The quantitative estimate of drug-likeness (QED) is 0.780. The molecular formula is C12H12N2O2S. The average Bonchev–Trinajstić information content (AvgIpc) is 2.73. The van der Waals surface area contributed by atoms with Crippen molar-refractivity contribution in [3.8, 4) is 5.75 Å². The summed E-state index contributed by atoms with van der Waals surface area (Å²) in [5.41, 5.74) is 0.684. The highest BCUT2D eigenvalue weighted by molar-refractivity contribution is 7.11. The third-order valence-electron chi connectivity index (χ3n) is 2.19. The summed E-state index contributed by atoms with van der Waals surface area (Å²) in [6, 6.07) is 7.07. The van der Waals surface area contributed by atoms with E-state index in [0.717, 1.165) is 15.8 Å². The standard InChI is InChI=1S/C12H12N2O2S/c1-8(15)10-3-5-11(6-4-10)16-7-12-14-13-9(2)17-12/h3-6H,7H2,1-2H3. The number of hydrogen-bond donors (Lipinski definition) is 0. The van der Waals surface area contributed by atoms with Gasteiger partial charge in [0, 0.05) is 5.56 Å². The molecule has 0 fully saturated rings. The van der Waals surface area contributed by atoms with Crippen molar-refractivity contribution < 1.29 is 9.53 Å². The second-order valence-electron chi connectivity index (χ2n) is 3.58. The maximum absolute atomic E-state index is 11.1. The summed E-state index contributed by atoms with van der Waals surface area (Å²) in [6.45, 7) is 3.85. The summed E-state index contributed by atoms with van der Waals surface area (Å²) in [4.78, 5) is 11.1. The highest BCUT2D eigenvalue weighted by Gasteiger charge is 2.03. The first-order valence-electron chi connectivity index (χ1n) is 5.18. The minimum absolute atomic E-state index is 0.0521. The van der Waals surface area contributed by atoms with E-state index >= 15 is 0 Å². The molecule has 4 nitrogen and oxygen atoms in total. The largest absolute Gasteiger partial charge is 0.486 e. The van der Waals surface area contributed by atoms with Gasteiger partial charge in [-0.3, -0.25) is 4.79 Å². The lowest BCUT2D eigenvalue weighted by molar-refractivity contribution is 0.101. The molecule has 0 aliphatic carbocycles. The number of aromatic nitrogens is 2. The zero-order valence-corrected chi connectivity index (χ0v) is 10.5. The van der Waals surface area contributed by atoms with Crippen molar-refractivity contribution in [2.24, 2.45) is 0 Å². The van der Waals surface area contributed by atoms with Crippen LogP contribution in [0.25, 0.3) is 0 Å². The van der Waals surface area contributed by atoms with Crippen molar-refractivity contribution in [2.45, 2.75) is 20.5 Å². The lowest BCUT2D eigenvalue weighted by Crippen LogP contribution is -1.96. The lowest BCUT2D eigenvalue weighted by Gasteiger charge is -2.03. The van der Waals surface area contributed by atoms with Crippen molar-refractivity contribution in [1.82, 2.24) is 10.2 Å². The Balaban J connectivity index is 1.97. The second-order valence-corrected chi connectivity index (χ2v) is 4.85. The van der Waals surface area contributed by atoms with Gasteiger partial charge in [-0.25, -0.2) is 0 Å². The smallest absolute Gasteiger partial charge is 0.159 e. The maximum Gasteiger partial charge on any atom is 0.159 e. The van der Waals surface area contributed by atoms with E-state index < -0.39 is 0 Å². The number of rotatable bonds is 4. The van der Waals surface area contributed by atoms with Crippen LogP contribution in [0.2, 0.25) is 0 Å². The molecule has 1 heterocycles. The number of nitrogens with zero attached hydrogens (tertiary/aromatic N) is 2. The van der Waals surface area contributed by atoms with Gasteiger partial charge in [-0.1, -0.05) is 11.3 Å². The van der Waals surface area contributed by atoms with Gasteiger partial charge in [0.05, 0.1) is 0 Å². The van der Waals surface area contributed by atoms with E-state index in [1.54, 1.807) is 31.2 Å². The zero-order valence-electron chi connectivity index (χ0n) is 9.64. The first-order chi connectivity index (χ1) is 8.15. The molecule has 1 aromatic carbocycles. The number of benzene rings is 1. The SMILES string of the molecule is CC(=O)c1ccc(OCc2nnc(C)s2)cc1. The van der Waals surface area contributed by atoms with E-state index in [1.807, 2.05) is 6.92 Å². The monoisotopic (exact) mass is 248 g/mol. The van der Waals surface area contributed by atoms with Crippen LogP contribution in [0.4, 0.5) is 0 Å².